The van der Waals surface area contributed by atoms with Crippen molar-refractivity contribution in [1.29, 1.82) is 0 Å². The minimum absolute atomic E-state index is 0.0512. The van der Waals surface area contributed by atoms with E-state index in [-0.39, 0.29) is 11.7 Å². The summed E-state index contributed by atoms with van der Waals surface area (Å²) >= 11 is 0. The SMILES string of the molecule is O=C(CCc1ncc(-c2ccc(F)cc2)o1)NCCc1ccc(-n2cccn2)cc1. The third kappa shape index (κ3) is 5.00. The maximum Gasteiger partial charge on any atom is 0.220 e. The lowest BCUT2D eigenvalue weighted by Gasteiger charge is -2.06. The van der Waals surface area contributed by atoms with Gasteiger partial charge in [0.25, 0.3) is 0 Å². The average molecular weight is 404 g/mol. The Hall–Kier alpha value is -3.74. The number of carbonyl (C=O) groups excluding carboxylic acids is 1. The molecule has 7 heteroatoms. The van der Waals surface area contributed by atoms with Crippen LogP contribution < -0.4 is 5.32 Å². The average Bonchev–Trinajstić information content (AvgIpc) is 3.46. The second-order valence-electron chi connectivity index (χ2n) is 6.84. The van der Waals surface area contributed by atoms with Gasteiger partial charge in [-0.1, -0.05) is 12.1 Å². The molecule has 1 amide bonds. The van der Waals surface area contributed by atoms with Gasteiger partial charge in [0.15, 0.2) is 11.7 Å². The van der Waals surface area contributed by atoms with Crippen LogP contribution in [0, 0.1) is 5.82 Å². The Bertz CT molecular complexity index is 1090. The lowest BCUT2D eigenvalue weighted by atomic mass is 10.1. The molecule has 152 valence electrons. The summed E-state index contributed by atoms with van der Waals surface area (Å²) in [4.78, 5) is 16.3. The van der Waals surface area contributed by atoms with Crippen LogP contribution in [0.4, 0.5) is 4.39 Å². The van der Waals surface area contributed by atoms with Crippen LogP contribution in [0.15, 0.2) is 77.6 Å². The van der Waals surface area contributed by atoms with Crippen molar-refractivity contribution in [2.75, 3.05) is 6.54 Å². The predicted octanol–water partition coefficient (Wildman–Crippen LogP) is 3.96. The van der Waals surface area contributed by atoms with E-state index >= 15 is 0 Å². The predicted molar refractivity (Wildman–Crippen MR) is 110 cm³/mol. The minimum Gasteiger partial charge on any atom is -0.441 e. The van der Waals surface area contributed by atoms with Gasteiger partial charge in [-0.2, -0.15) is 5.10 Å². The third-order valence-corrected chi connectivity index (χ3v) is 4.69. The number of hydrogen-bond acceptors (Lipinski definition) is 4. The molecule has 0 saturated carbocycles. The molecule has 0 fully saturated rings. The Morgan fingerprint density at radius 2 is 1.87 bits per heavy atom. The first kappa shape index (κ1) is 19.6. The van der Waals surface area contributed by atoms with Crippen LogP contribution >= 0.6 is 0 Å². The summed E-state index contributed by atoms with van der Waals surface area (Å²) in [6.45, 7) is 0.562. The zero-order chi connectivity index (χ0) is 20.8. The normalized spacial score (nSPS) is 10.8. The first-order chi connectivity index (χ1) is 14.7. The fourth-order valence-corrected chi connectivity index (χ4v) is 3.07. The molecule has 2 aromatic carbocycles. The number of amides is 1. The zero-order valence-corrected chi connectivity index (χ0v) is 16.3. The van der Waals surface area contributed by atoms with Crippen molar-refractivity contribution in [2.45, 2.75) is 19.3 Å². The molecule has 0 aliphatic heterocycles. The molecule has 2 aromatic heterocycles. The second-order valence-corrected chi connectivity index (χ2v) is 6.84. The van der Waals surface area contributed by atoms with Gasteiger partial charge >= 0.3 is 0 Å². The summed E-state index contributed by atoms with van der Waals surface area (Å²) in [5.41, 5.74) is 2.89. The van der Waals surface area contributed by atoms with Gasteiger partial charge in [-0.15, -0.1) is 0 Å². The number of aryl methyl sites for hydroxylation is 1. The molecule has 30 heavy (non-hydrogen) atoms. The lowest BCUT2D eigenvalue weighted by molar-refractivity contribution is -0.121. The molecule has 0 radical (unpaired) electrons. The van der Waals surface area contributed by atoms with Crippen LogP contribution in [0.5, 0.6) is 0 Å². The Morgan fingerprint density at radius 1 is 1.07 bits per heavy atom. The van der Waals surface area contributed by atoms with Crippen molar-refractivity contribution < 1.29 is 13.6 Å². The Kier molecular flexibility index (Phi) is 5.98. The quantitative estimate of drug-likeness (QED) is 0.483. The van der Waals surface area contributed by atoms with Gasteiger partial charge in [0.2, 0.25) is 5.91 Å². The number of hydrogen-bond donors (Lipinski definition) is 1. The van der Waals surface area contributed by atoms with Crippen LogP contribution in [-0.2, 0) is 17.6 Å². The van der Waals surface area contributed by atoms with Gasteiger partial charge in [0, 0.05) is 37.3 Å². The van der Waals surface area contributed by atoms with Gasteiger partial charge < -0.3 is 9.73 Å². The first-order valence-corrected chi connectivity index (χ1v) is 9.74. The molecule has 0 bridgehead atoms. The smallest absolute Gasteiger partial charge is 0.220 e. The van der Waals surface area contributed by atoms with Gasteiger partial charge in [0.1, 0.15) is 5.82 Å². The topological polar surface area (TPSA) is 73.0 Å². The highest BCUT2D eigenvalue weighted by molar-refractivity contribution is 5.76. The molecule has 0 atom stereocenters. The van der Waals surface area contributed by atoms with E-state index in [4.69, 9.17) is 4.42 Å². The first-order valence-electron chi connectivity index (χ1n) is 9.74. The van der Waals surface area contributed by atoms with Gasteiger partial charge in [0.05, 0.1) is 11.9 Å². The molecular weight excluding hydrogens is 383 g/mol. The molecule has 4 rings (SSSR count). The van der Waals surface area contributed by atoms with Crippen molar-refractivity contribution in [1.82, 2.24) is 20.1 Å². The molecule has 4 aromatic rings. The van der Waals surface area contributed by atoms with Gasteiger partial charge in [-0.05, 0) is 54.4 Å². The van der Waals surface area contributed by atoms with Crippen molar-refractivity contribution in [3.63, 3.8) is 0 Å². The fourth-order valence-electron chi connectivity index (χ4n) is 3.07. The highest BCUT2D eigenvalue weighted by Crippen LogP contribution is 2.21. The number of nitrogens with zero attached hydrogens (tertiary/aromatic N) is 3. The standard InChI is InChI=1S/C23H21FN4O2/c24-19-6-4-18(5-7-19)21-16-26-23(30-21)11-10-22(29)25-14-12-17-2-8-20(9-3-17)28-15-1-13-27-28/h1-9,13,15-16H,10-12,14H2,(H,25,29). The third-order valence-electron chi connectivity index (χ3n) is 4.69. The van der Waals surface area contributed by atoms with Crippen molar-refractivity contribution >= 4 is 5.91 Å². The van der Waals surface area contributed by atoms with E-state index in [9.17, 15) is 9.18 Å². The van der Waals surface area contributed by atoms with E-state index in [1.807, 2.05) is 36.5 Å². The molecule has 1 N–H and O–H groups in total. The largest absolute Gasteiger partial charge is 0.441 e. The molecule has 0 aliphatic carbocycles. The van der Waals surface area contributed by atoms with Crippen LogP contribution in [0.2, 0.25) is 0 Å². The van der Waals surface area contributed by atoms with Gasteiger partial charge in [-0.3, -0.25) is 4.79 Å². The highest BCUT2D eigenvalue weighted by atomic mass is 19.1. The Morgan fingerprint density at radius 3 is 2.60 bits per heavy atom. The number of carbonyl (C=O) groups is 1. The maximum atomic E-state index is 13.0. The molecule has 0 aliphatic rings. The van der Waals surface area contributed by atoms with Crippen molar-refractivity contribution in [2.24, 2.45) is 0 Å². The highest BCUT2D eigenvalue weighted by Gasteiger charge is 2.09. The summed E-state index contributed by atoms with van der Waals surface area (Å²) < 4.78 is 20.5. The van der Waals surface area contributed by atoms with E-state index in [0.717, 1.165) is 23.2 Å². The van der Waals surface area contributed by atoms with E-state index < -0.39 is 0 Å². The summed E-state index contributed by atoms with van der Waals surface area (Å²) in [6, 6.07) is 16.0. The molecule has 0 saturated heterocycles. The fraction of sp³-hybridized carbons (Fsp3) is 0.174. The van der Waals surface area contributed by atoms with E-state index in [1.54, 1.807) is 29.2 Å². The van der Waals surface area contributed by atoms with Crippen molar-refractivity contribution in [3.8, 4) is 17.0 Å². The summed E-state index contributed by atoms with van der Waals surface area (Å²) in [7, 11) is 0. The molecule has 0 spiro atoms. The van der Waals surface area contributed by atoms with E-state index in [1.165, 1.54) is 12.1 Å². The Balaban J connectivity index is 1.20. The molecule has 6 nitrogen and oxygen atoms in total. The zero-order valence-electron chi connectivity index (χ0n) is 16.3. The molecular formula is C23H21FN4O2. The molecule has 0 unspecified atom stereocenters. The maximum absolute atomic E-state index is 13.0. The minimum atomic E-state index is -0.302. The number of rotatable bonds is 8. The molecule has 2 heterocycles. The summed E-state index contributed by atoms with van der Waals surface area (Å²) in [6.07, 6.45) is 6.68. The van der Waals surface area contributed by atoms with Crippen LogP contribution in [0.25, 0.3) is 17.0 Å². The number of oxazole rings is 1. The second kappa shape index (κ2) is 9.17. The summed E-state index contributed by atoms with van der Waals surface area (Å²) in [5.74, 6) is 0.691. The van der Waals surface area contributed by atoms with E-state index in [2.05, 4.69) is 15.4 Å². The van der Waals surface area contributed by atoms with Crippen LogP contribution in [0.1, 0.15) is 17.9 Å². The van der Waals surface area contributed by atoms with Crippen molar-refractivity contribution in [3.05, 3.63) is 90.5 Å². The summed E-state index contributed by atoms with van der Waals surface area (Å²) in [5, 5.41) is 7.12. The lowest BCUT2D eigenvalue weighted by Crippen LogP contribution is -2.25. The number of halogens is 1. The van der Waals surface area contributed by atoms with Gasteiger partial charge in [-0.25, -0.2) is 14.1 Å². The number of nitrogens with one attached hydrogen (secondary N) is 1. The van der Waals surface area contributed by atoms with Crippen LogP contribution in [0.3, 0.4) is 0 Å². The number of aromatic nitrogens is 3. The monoisotopic (exact) mass is 404 g/mol. The van der Waals surface area contributed by atoms with E-state index in [0.29, 0.717) is 31.0 Å². The van der Waals surface area contributed by atoms with Crippen LogP contribution in [-0.4, -0.2) is 27.2 Å². The number of benzene rings is 2. The Labute approximate surface area is 173 Å².